The lowest BCUT2D eigenvalue weighted by atomic mass is 10.1. The van der Waals surface area contributed by atoms with Crippen LogP contribution in [-0.2, 0) is 22.5 Å². The summed E-state index contributed by atoms with van der Waals surface area (Å²) in [5.74, 6) is 0.914. The molecule has 2 N–H and O–H groups in total. The zero-order chi connectivity index (χ0) is 18.3. The number of methoxy groups -OCH3 is 1. The molecule has 0 saturated heterocycles. The van der Waals surface area contributed by atoms with Crippen molar-refractivity contribution < 1.29 is 9.53 Å². The van der Waals surface area contributed by atoms with E-state index in [1.54, 1.807) is 18.4 Å². The van der Waals surface area contributed by atoms with Crippen molar-refractivity contribution in [2.75, 3.05) is 33.3 Å². The second-order valence-corrected chi connectivity index (χ2v) is 7.77. The lowest BCUT2D eigenvalue weighted by Gasteiger charge is -2.27. The first kappa shape index (κ1) is 23.2. The van der Waals surface area contributed by atoms with Gasteiger partial charge in [-0.25, -0.2) is 0 Å². The molecule has 0 radical (unpaired) electrons. The molecule has 0 fully saturated rings. The Kier molecular flexibility index (Phi) is 9.88. The summed E-state index contributed by atoms with van der Waals surface area (Å²) in [5, 5.41) is 8.55. The number of nitrogens with zero attached hydrogens (tertiary/aromatic N) is 2. The van der Waals surface area contributed by atoms with Crippen molar-refractivity contribution in [3.05, 3.63) is 21.9 Å². The van der Waals surface area contributed by atoms with Crippen molar-refractivity contribution in [2.45, 2.75) is 45.8 Å². The van der Waals surface area contributed by atoms with Gasteiger partial charge in [-0.1, -0.05) is 0 Å². The van der Waals surface area contributed by atoms with E-state index in [4.69, 9.17) is 4.74 Å². The summed E-state index contributed by atoms with van der Waals surface area (Å²) in [6.07, 6.45) is 1.44. The highest BCUT2D eigenvalue weighted by atomic mass is 127. The van der Waals surface area contributed by atoms with Crippen molar-refractivity contribution in [2.24, 2.45) is 4.99 Å². The molecule has 26 heavy (non-hydrogen) atoms. The minimum Gasteiger partial charge on any atom is -0.377 e. The van der Waals surface area contributed by atoms with Gasteiger partial charge in [-0.2, -0.15) is 0 Å². The Morgan fingerprint density at radius 3 is 2.88 bits per heavy atom. The van der Waals surface area contributed by atoms with E-state index in [1.165, 1.54) is 10.4 Å². The van der Waals surface area contributed by atoms with Crippen molar-refractivity contribution in [1.29, 1.82) is 0 Å². The van der Waals surface area contributed by atoms with E-state index in [0.717, 1.165) is 32.0 Å². The predicted molar refractivity (Wildman–Crippen MR) is 119 cm³/mol. The van der Waals surface area contributed by atoms with E-state index in [-0.39, 0.29) is 35.5 Å². The van der Waals surface area contributed by atoms with Crippen LogP contribution in [0.1, 0.15) is 37.6 Å². The monoisotopic (exact) mass is 494 g/mol. The number of rotatable bonds is 7. The topological polar surface area (TPSA) is 66.0 Å². The normalized spacial score (nSPS) is 14.5. The van der Waals surface area contributed by atoms with Crippen LogP contribution in [0.3, 0.4) is 0 Å². The van der Waals surface area contributed by atoms with E-state index in [1.807, 2.05) is 25.7 Å². The average Bonchev–Trinajstić information content (AvgIpc) is 3.07. The minimum absolute atomic E-state index is 0. The summed E-state index contributed by atoms with van der Waals surface area (Å²) in [6.45, 7) is 9.49. The van der Waals surface area contributed by atoms with Gasteiger partial charge in [0.15, 0.2) is 5.96 Å². The van der Waals surface area contributed by atoms with Gasteiger partial charge in [0.1, 0.15) is 0 Å². The van der Waals surface area contributed by atoms with Gasteiger partial charge in [0.05, 0.1) is 12.1 Å². The maximum absolute atomic E-state index is 12.4. The molecule has 148 valence electrons. The van der Waals surface area contributed by atoms with Crippen LogP contribution in [0.2, 0.25) is 0 Å². The second kappa shape index (κ2) is 11.1. The second-order valence-electron chi connectivity index (χ2n) is 6.77. The van der Waals surface area contributed by atoms with Crippen LogP contribution in [0.25, 0.3) is 0 Å². The number of nitrogens with one attached hydrogen (secondary N) is 2. The predicted octanol–water partition coefficient (Wildman–Crippen LogP) is 2.62. The minimum atomic E-state index is -0.301. The van der Waals surface area contributed by atoms with Crippen LogP contribution in [0.15, 0.2) is 16.4 Å². The van der Waals surface area contributed by atoms with Gasteiger partial charge in [0, 0.05) is 44.6 Å². The number of fused-ring (bicyclic) bond motifs is 1. The zero-order valence-electron chi connectivity index (χ0n) is 16.1. The van der Waals surface area contributed by atoms with Gasteiger partial charge in [0.25, 0.3) is 0 Å². The third-order valence-electron chi connectivity index (χ3n) is 4.31. The molecule has 1 amide bonds. The Morgan fingerprint density at radius 1 is 1.42 bits per heavy atom. The van der Waals surface area contributed by atoms with Gasteiger partial charge in [-0.3, -0.25) is 9.79 Å². The highest BCUT2D eigenvalue weighted by molar-refractivity contribution is 14.0. The van der Waals surface area contributed by atoms with Crippen molar-refractivity contribution in [3.63, 3.8) is 0 Å². The van der Waals surface area contributed by atoms with Gasteiger partial charge < -0.3 is 20.3 Å². The molecule has 0 aliphatic carbocycles. The number of thiophene rings is 1. The maximum Gasteiger partial charge on any atom is 0.224 e. The van der Waals surface area contributed by atoms with Crippen molar-refractivity contribution in [1.82, 2.24) is 15.5 Å². The first-order valence-corrected chi connectivity index (χ1v) is 9.73. The van der Waals surface area contributed by atoms with Gasteiger partial charge >= 0.3 is 0 Å². The number of amides is 1. The fourth-order valence-corrected chi connectivity index (χ4v) is 3.47. The Balaban J connectivity index is 0.00000338. The summed E-state index contributed by atoms with van der Waals surface area (Å²) in [5.41, 5.74) is 0.999. The summed E-state index contributed by atoms with van der Waals surface area (Å²) in [6, 6.07) is 2.13. The molecule has 0 spiro atoms. The highest BCUT2D eigenvalue weighted by Gasteiger charge is 2.21. The van der Waals surface area contributed by atoms with Crippen molar-refractivity contribution in [3.8, 4) is 0 Å². The summed E-state index contributed by atoms with van der Waals surface area (Å²) < 4.78 is 5.39. The molecule has 1 aliphatic heterocycles. The van der Waals surface area contributed by atoms with E-state index >= 15 is 0 Å². The number of ether oxygens (including phenoxy) is 1. The third-order valence-corrected chi connectivity index (χ3v) is 5.33. The van der Waals surface area contributed by atoms with Gasteiger partial charge in [0.2, 0.25) is 5.91 Å². The molecule has 0 saturated carbocycles. The van der Waals surface area contributed by atoms with Crippen LogP contribution < -0.4 is 10.6 Å². The van der Waals surface area contributed by atoms with Crippen LogP contribution in [0.5, 0.6) is 0 Å². The van der Waals surface area contributed by atoms with E-state index < -0.39 is 0 Å². The summed E-state index contributed by atoms with van der Waals surface area (Å²) in [7, 11) is 1.69. The van der Waals surface area contributed by atoms with E-state index in [0.29, 0.717) is 19.5 Å². The molecule has 0 unspecified atom stereocenters. The lowest BCUT2D eigenvalue weighted by molar-refractivity contribution is -0.131. The molecule has 1 aromatic rings. The zero-order valence-corrected chi connectivity index (χ0v) is 19.3. The Labute approximate surface area is 177 Å². The molecule has 6 nitrogen and oxygen atoms in total. The van der Waals surface area contributed by atoms with Crippen LogP contribution in [0.4, 0.5) is 0 Å². The Hall–Kier alpha value is -0.870. The SMILES string of the molecule is CCNC(=NCC(C)(C)OC)NCCC(=O)N1CCc2sccc2C1.I. The third kappa shape index (κ3) is 7.03. The molecule has 1 aliphatic rings. The fourth-order valence-electron chi connectivity index (χ4n) is 2.58. The maximum atomic E-state index is 12.4. The van der Waals surface area contributed by atoms with Crippen LogP contribution in [-0.4, -0.2) is 55.7 Å². The largest absolute Gasteiger partial charge is 0.377 e. The number of halogens is 1. The van der Waals surface area contributed by atoms with Gasteiger partial charge in [-0.15, -0.1) is 35.3 Å². The highest BCUT2D eigenvalue weighted by Crippen LogP contribution is 2.24. The lowest BCUT2D eigenvalue weighted by Crippen LogP contribution is -2.42. The van der Waals surface area contributed by atoms with Gasteiger partial charge in [-0.05, 0) is 44.2 Å². The average molecular weight is 494 g/mol. The smallest absolute Gasteiger partial charge is 0.224 e. The molecule has 2 heterocycles. The number of guanidine groups is 1. The number of hydrogen-bond acceptors (Lipinski definition) is 4. The van der Waals surface area contributed by atoms with Crippen LogP contribution in [0, 0.1) is 0 Å². The Bertz CT molecular complexity index is 604. The number of carbonyl (C=O) groups excluding carboxylic acids is 1. The summed E-state index contributed by atoms with van der Waals surface area (Å²) >= 11 is 1.79. The molecule has 2 rings (SSSR count). The van der Waals surface area contributed by atoms with E-state index in [9.17, 15) is 4.79 Å². The number of aliphatic imine (C=N–C) groups is 1. The molecule has 0 aromatic carbocycles. The number of hydrogen-bond donors (Lipinski definition) is 2. The molecular weight excluding hydrogens is 463 g/mol. The summed E-state index contributed by atoms with van der Waals surface area (Å²) in [4.78, 5) is 20.3. The fraction of sp³-hybridized carbons (Fsp3) is 0.667. The number of carbonyl (C=O) groups is 1. The first-order valence-electron chi connectivity index (χ1n) is 8.85. The molecule has 8 heteroatoms. The van der Waals surface area contributed by atoms with Crippen LogP contribution >= 0.6 is 35.3 Å². The molecular formula is C18H31IN4O2S. The molecule has 0 atom stereocenters. The molecule has 0 bridgehead atoms. The Morgan fingerprint density at radius 2 is 2.19 bits per heavy atom. The van der Waals surface area contributed by atoms with E-state index in [2.05, 4.69) is 27.1 Å². The first-order chi connectivity index (χ1) is 11.9. The standard InChI is InChI=1S/C18H30N4O2S.HI/c1-5-19-17(21-13-18(2,3)24-4)20-9-6-16(23)22-10-7-15-14(12-22)8-11-25-15;/h8,11H,5-7,9-10,12-13H2,1-4H3,(H2,19,20,21);1H. The van der Waals surface area contributed by atoms with Crippen molar-refractivity contribution >= 4 is 47.2 Å². The quantitative estimate of drug-likeness (QED) is 0.348. The molecule has 1 aromatic heterocycles.